The van der Waals surface area contributed by atoms with E-state index in [1.54, 1.807) is 4.90 Å². The van der Waals surface area contributed by atoms with Crippen LogP contribution in [-0.4, -0.2) is 42.9 Å². The van der Waals surface area contributed by atoms with E-state index in [1.807, 2.05) is 48.5 Å². The lowest BCUT2D eigenvalue weighted by Gasteiger charge is -2.52. The number of carbonyl (C=O) groups is 1. The average Bonchev–Trinajstić information content (AvgIpc) is 2.89. The van der Waals surface area contributed by atoms with Gasteiger partial charge in [0.2, 0.25) is 0 Å². The van der Waals surface area contributed by atoms with Crippen molar-refractivity contribution in [3.63, 3.8) is 0 Å². The summed E-state index contributed by atoms with van der Waals surface area (Å²) in [6.45, 7) is 5.08. The molecule has 3 aromatic carbocycles. The molecule has 0 radical (unpaired) electrons. The van der Waals surface area contributed by atoms with Gasteiger partial charge < -0.3 is 26.2 Å². The van der Waals surface area contributed by atoms with E-state index in [4.69, 9.17) is 4.74 Å². The van der Waals surface area contributed by atoms with Gasteiger partial charge in [0.05, 0.1) is 26.2 Å². The summed E-state index contributed by atoms with van der Waals surface area (Å²) in [4.78, 5) is 15.3. The van der Waals surface area contributed by atoms with E-state index in [-0.39, 0.29) is 29.2 Å². The van der Waals surface area contributed by atoms with Crippen LogP contribution >= 0.6 is 0 Å². The Morgan fingerprint density at radius 1 is 0.829 bits per heavy atom. The largest absolute Gasteiger partial charge is 1.00 e. The highest BCUT2D eigenvalue weighted by atomic mass is 79.9. The van der Waals surface area contributed by atoms with Crippen molar-refractivity contribution >= 4 is 11.8 Å². The summed E-state index contributed by atoms with van der Waals surface area (Å²) < 4.78 is 7.38. The summed E-state index contributed by atoms with van der Waals surface area (Å²) in [5, 5.41) is 0. The van der Waals surface area contributed by atoms with Crippen molar-refractivity contribution in [2.24, 2.45) is 5.92 Å². The van der Waals surface area contributed by atoms with Crippen LogP contribution in [0, 0.1) is 5.92 Å². The van der Waals surface area contributed by atoms with Gasteiger partial charge in [-0.3, -0.25) is 4.90 Å². The molecule has 5 heteroatoms. The number of hydrogen-bond donors (Lipinski definition) is 0. The number of para-hydroxylation sites is 1. The second-order valence-corrected chi connectivity index (χ2v) is 9.95. The molecule has 3 fully saturated rings. The Morgan fingerprint density at radius 3 is 2.03 bits per heavy atom. The maximum Gasteiger partial charge on any atom is 0.415 e. The quantitative estimate of drug-likeness (QED) is 0.415. The van der Waals surface area contributed by atoms with E-state index < -0.39 is 0 Å². The number of ether oxygens (including phenoxy) is 1. The zero-order chi connectivity index (χ0) is 23.2. The third-order valence-corrected chi connectivity index (χ3v) is 7.71. The first-order valence-electron chi connectivity index (χ1n) is 12.7. The van der Waals surface area contributed by atoms with Crippen molar-refractivity contribution in [2.45, 2.75) is 38.3 Å². The minimum atomic E-state index is -0.226. The van der Waals surface area contributed by atoms with E-state index in [2.05, 4.69) is 42.5 Å². The van der Waals surface area contributed by atoms with Crippen LogP contribution in [0.1, 0.15) is 30.4 Å². The van der Waals surface area contributed by atoms with E-state index in [0.29, 0.717) is 12.5 Å². The minimum Gasteiger partial charge on any atom is -1.00 e. The number of aryl methyl sites for hydroxylation is 1. The smallest absolute Gasteiger partial charge is 0.415 e. The van der Waals surface area contributed by atoms with Crippen molar-refractivity contribution in [2.75, 3.05) is 31.1 Å². The zero-order valence-electron chi connectivity index (χ0n) is 20.3. The van der Waals surface area contributed by atoms with E-state index in [9.17, 15) is 4.79 Å². The highest BCUT2D eigenvalue weighted by Crippen LogP contribution is 2.36. The molecule has 0 spiro atoms. The molecule has 3 aromatic rings. The molecule has 3 heterocycles. The normalized spacial score (nSPS) is 22.7. The number of piperidine rings is 3. The standard InChI is InChI=1S/C30H35N2O2.BrH/c33-30(31(28-16-8-3-9-17-28)23-26-13-6-2-7-14-26)34-29-24-32(21-18-27(29)19-22-32)20-10-15-25-11-4-1-5-12-25;/h1-9,11-14,16-17,27,29H,10,15,18-24H2;1H/q+1;/p-1/t27?,29-,32?;/m0./s1. The predicted molar refractivity (Wildman–Crippen MR) is 137 cm³/mol. The molecule has 0 aliphatic carbocycles. The number of benzene rings is 3. The van der Waals surface area contributed by atoms with Gasteiger partial charge in [-0.2, -0.15) is 0 Å². The summed E-state index contributed by atoms with van der Waals surface area (Å²) in [5.74, 6) is 0.493. The van der Waals surface area contributed by atoms with Gasteiger partial charge >= 0.3 is 6.09 Å². The first kappa shape index (κ1) is 25.5. The summed E-state index contributed by atoms with van der Waals surface area (Å²) in [6, 6.07) is 30.8. The number of anilines is 1. The van der Waals surface area contributed by atoms with Gasteiger partial charge in [0, 0.05) is 30.9 Å². The maximum atomic E-state index is 13.5. The molecule has 4 nitrogen and oxygen atoms in total. The lowest BCUT2D eigenvalue weighted by atomic mass is 9.83. The molecule has 35 heavy (non-hydrogen) atoms. The Balaban J connectivity index is 0.00000289. The third-order valence-electron chi connectivity index (χ3n) is 7.71. The van der Waals surface area contributed by atoms with Crippen molar-refractivity contribution in [3.8, 4) is 0 Å². The molecule has 0 N–H and O–H groups in total. The minimum absolute atomic E-state index is 0. The van der Waals surface area contributed by atoms with Gasteiger partial charge in [0.25, 0.3) is 0 Å². The molecule has 3 aliphatic rings. The molecule has 3 saturated heterocycles. The van der Waals surface area contributed by atoms with E-state index >= 15 is 0 Å². The third kappa shape index (κ3) is 6.33. The summed E-state index contributed by atoms with van der Waals surface area (Å²) in [7, 11) is 0. The molecule has 1 amide bonds. The van der Waals surface area contributed by atoms with Crippen LogP contribution in [0.25, 0.3) is 0 Å². The van der Waals surface area contributed by atoms with Crippen LogP contribution in [-0.2, 0) is 17.7 Å². The molecule has 0 aromatic heterocycles. The first-order chi connectivity index (χ1) is 16.7. The number of amides is 1. The molecule has 184 valence electrons. The highest BCUT2D eigenvalue weighted by molar-refractivity contribution is 5.87. The molecule has 0 unspecified atom stereocenters. The van der Waals surface area contributed by atoms with Crippen molar-refractivity contribution in [1.82, 2.24) is 0 Å². The van der Waals surface area contributed by atoms with E-state index in [1.165, 1.54) is 31.6 Å². The Bertz CT molecular complexity index is 1050. The van der Waals surface area contributed by atoms with Gasteiger partial charge in [-0.25, -0.2) is 4.79 Å². The topological polar surface area (TPSA) is 29.5 Å². The Hall–Kier alpha value is -2.63. The Morgan fingerprint density at radius 2 is 1.40 bits per heavy atom. The molecule has 1 atom stereocenters. The van der Waals surface area contributed by atoms with E-state index in [0.717, 1.165) is 41.5 Å². The fourth-order valence-electron chi connectivity index (χ4n) is 5.76. The Kier molecular flexibility index (Phi) is 8.64. The second-order valence-electron chi connectivity index (χ2n) is 9.95. The van der Waals surface area contributed by atoms with Crippen molar-refractivity contribution in [3.05, 3.63) is 102 Å². The van der Waals surface area contributed by atoms with Crippen LogP contribution in [0.5, 0.6) is 0 Å². The maximum absolute atomic E-state index is 13.5. The monoisotopic (exact) mass is 534 g/mol. The number of fused-ring (bicyclic) bond motifs is 3. The molecular weight excluding hydrogens is 500 g/mol. The number of nitrogens with zero attached hydrogens (tertiary/aromatic N) is 2. The zero-order valence-corrected chi connectivity index (χ0v) is 21.9. The van der Waals surface area contributed by atoms with Crippen LogP contribution in [0.2, 0.25) is 0 Å². The lowest BCUT2D eigenvalue weighted by Crippen LogP contribution is -3.00. The van der Waals surface area contributed by atoms with Crippen LogP contribution in [0.3, 0.4) is 0 Å². The number of carbonyl (C=O) groups excluding carboxylic acids is 1. The number of halogens is 1. The molecule has 0 saturated carbocycles. The number of rotatable bonds is 8. The molecule has 6 rings (SSSR count). The first-order valence-corrected chi connectivity index (χ1v) is 12.7. The fourth-order valence-corrected chi connectivity index (χ4v) is 5.76. The average molecular weight is 536 g/mol. The van der Waals surface area contributed by atoms with Crippen LogP contribution in [0.15, 0.2) is 91.0 Å². The SMILES string of the molecule is O=C(O[C@H]1C[N+]2(CCCc3ccccc3)CCC1CC2)N(Cc1ccccc1)c1ccccc1.[Br-]. The summed E-state index contributed by atoms with van der Waals surface area (Å²) >= 11 is 0. The molecule has 3 aliphatic heterocycles. The molecular formula is C30H35BrN2O2. The summed E-state index contributed by atoms with van der Waals surface area (Å²) in [5.41, 5.74) is 3.39. The van der Waals surface area contributed by atoms with Crippen LogP contribution < -0.4 is 21.9 Å². The molecule has 2 bridgehead atoms. The van der Waals surface area contributed by atoms with Gasteiger partial charge in [-0.15, -0.1) is 0 Å². The Labute approximate surface area is 219 Å². The number of hydrogen-bond acceptors (Lipinski definition) is 2. The second kappa shape index (κ2) is 11.9. The van der Waals surface area contributed by atoms with Gasteiger partial charge in [-0.1, -0.05) is 78.9 Å². The summed E-state index contributed by atoms with van der Waals surface area (Å²) in [6.07, 6.45) is 4.40. The van der Waals surface area contributed by atoms with Crippen LogP contribution in [0.4, 0.5) is 10.5 Å². The fraction of sp³-hybridized carbons (Fsp3) is 0.367. The van der Waals surface area contributed by atoms with Gasteiger partial charge in [0.1, 0.15) is 6.54 Å². The van der Waals surface area contributed by atoms with Gasteiger partial charge in [0.15, 0.2) is 6.10 Å². The highest BCUT2D eigenvalue weighted by Gasteiger charge is 2.47. The van der Waals surface area contributed by atoms with Gasteiger partial charge in [-0.05, 0) is 29.7 Å². The van der Waals surface area contributed by atoms with Crippen molar-refractivity contribution in [1.29, 1.82) is 0 Å². The van der Waals surface area contributed by atoms with Crippen molar-refractivity contribution < 1.29 is 31.0 Å². The predicted octanol–water partition coefficient (Wildman–Crippen LogP) is 3.08. The number of quaternary nitrogens is 1. The lowest BCUT2D eigenvalue weighted by molar-refractivity contribution is -0.946.